The van der Waals surface area contributed by atoms with Crippen LogP contribution >= 0.6 is 11.8 Å². The van der Waals surface area contributed by atoms with Crippen LogP contribution in [0.2, 0.25) is 0 Å². The summed E-state index contributed by atoms with van der Waals surface area (Å²) in [6, 6.07) is 0.160. The van der Waals surface area contributed by atoms with Gasteiger partial charge < -0.3 is 14.4 Å². The van der Waals surface area contributed by atoms with Crippen molar-refractivity contribution in [1.29, 1.82) is 0 Å². The van der Waals surface area contributed by atoms with Gasteiger partial charge in [-0.15, -0.1) is 0 Å². The summed E-state index contributed by atoms with van der Waals surface area (Å²) in [7, 11) is 0. The van der Waals surface area contributed by atoms with Crippen LogP contribution in [0.15, 0.2) is 11.4 Å². The third-order valence-corrected chi connectivity index (χ3v) is 3.13. The highest BCUT2D eigenvalue weighted by atomic mass is 32.2. The van der Waals surface area contributed by atoms with Gasteiger partial charge in [0.1, 0.15) is 0 Å². The van der Waals surface area contributed by atoms with Crippen LogP contribution in [0.5, 0.6) is 0 Å². The van der Waals surface area contributed by atoms with Crippen molar-refractivity contribution in [2.75, 3.05) is 19.0 Å². The molecule has 0 aliphatic carbocycles. The van der Waals surface area contributed by atoms with Crippen molar-refractivity contribution in [3.8, 4) is 0 Å². The van der Waals surface area contributed by atoms with Gasteiger partial charge in [0.25, 0.3) is 0 Å². The molecule has 6 heteroatoms. The van der Waals surface area contributed by atoms with E-state index < -0.39 is 5.97 Å². The standard InChI is InChI=1S/C11H18N2O3S/c1-4-16-6-9(3)13-5-8(2)12-11(13)17-7-10(14)15/h5,9H,4,6-7H2,1-3H3,(H,14,15). The van der Waals surface area contributed by atoms with E-state index in [0.717, 1.165) is 10.9 Å². The molecule has 0 saturated carbocycles. The van der Waals surface area contributed by atoms with Crippen LogP contribution in [0.25, 0.3) is 0 Å². The number of carboxylic acid groups (broad SMARTS) is 1. The number of hydrogen-bond donors (Lipinski definition) is 1. The van der Waals surface area contributed by atoms with Gasteiger partial charge in [-0.1, -0.05) is 11.8 Å². The van der Waals surface area contributed by atoms with E-state index in [1.54, 1.807) is 0 Å². The molecule has 1 rings (SSSR count). The van der Waals surface area contributed by atoms with E-state index in [2.05, 4.69) is 4.98 Å². The molecule has 1 aromatic heterocycles. The summed E-state index contributed by atoms with van der Waals surface area (Å²) in [6.07, 6.45) is 1.92. The van der Waals surface area contributed by atoms with Crippen LogP contribution in [0.3, 0.4) is 0 Å². The van der Waals surface area contributed by atoms with Gasteiger partial charge in [0.15, 0.2) is 5.16 Å². The molecule has 0 amide bonds. The van der Waals surface area contributed by atoms with E-state index in [1.807, 2.05) is 31.5 Å². The Balaban J connectivity index is 2.72. The highest BCUT2D eigenvalue weighted by molar-refractivity contribution is 7.99. The second kappa shape index (κ2) is 6.66. The molecule has 0 aromatic carbocycles. The first kappa shape index (κ1) is 14.1. The summed E-state index contributed by atoms with van der Waals surface area (Å²) >= 11 is 1.23. The number of ether oxygens (including phenoxy) is 1. The van der Waals surface area contributed by atoms with Crippen molar-refractivity contribution in [2.45, 2.75) is 32.0 Å². The lowest BCUT2D eigenvalue weighted by molar-refractivity contribution is -0.133. The molecule has 0 radical (unpaired) electrons. The molecule has 0 aliphatic rings. The van der Waals surface area contributed by atoms with Gasteiger partial charge in [-0.3, -0.25) is 4.79 Å². The first-order valence-corrected chi connectivity index (χ1v) is 6.51. The molecular weight excluding hydrogens is 240 g/mol. The van der Waals surface area contributed by atoms with Crippen molar-refractivity contribution in [1.82, 2.24) is 9.55 Å². The monoisotopic (exact) mass is 258 g/mol. The predicted octanol–water partition coefficient (Wildman–Crippen LogP) is 1.97. The first-order valence-electron chi connectivity index (χ1n) is 5.52. The number of carboxylic acids is 1. The number of hydrogen-bond acceptors (Lipinski definition) is 4. The first-order chi connectivity index (χ1) is 8.04. The number of carbonyl (C=O) groups is 1. The minimum Gasteiger partial charge on any atom is -0.481 e. The Hall–Kier alpha value is -1.01. The molecule has 17 heavy (non-hydrogen) atoms. The number of imidazole rings is 1. The van der Waals surface area contributed by atoms with Crippen molar-refractivity contribution in [2.24, 2.45) is 0 Å². The van der Waals surface area contributed by atoms with Crippen LogP contribution in [0, 0.1) is 6.92 Å². The zero-order valence-corrected chi connectivity index (χ0v) is 11.2. The summed E-state index contributed by atoms with van der Waals surface area (Å²) in [5.41, 5.74) is 0.890. The third kappa shape index (κ3) is 4.40. The predicted molar refractivity (Wildman–Crippen MR) is 66.5 cm³/mol. The smallest absolute Gasteiger partial charge is 0.313 e. The van der Waals surface area contributed by atoms with Gasteiger partial charge >= 0.3 is 5.97 Å². The van der Waals surface area contributed by atoms with Crippen LogP contribution < -0.4 is 0 Å². The lowest BCUT2D eigenvalue weighted by Crippen LogP contribution is -2.13. The lowest BCUT2D eigenvalue weighted by Gasteiger charge is -2.15. The topological polar surface area (TPSA) is 64.4 Å². The minimum atomic E-state index is -0.834. The highest BCUT2D eigenvalue weighted by Gasteiger charge is 2.13. The molecule has 1 atom stereocenters. The second-order valence-corrected chi connectivity index (χ2v) is 4.71. The Morgan fingerprint density at radius 1 is 1.71 bits per heavy atom. The Labute approximate surface area is 105 Å². The molecule has 0 spiro atoms. The number of nitrogens with zero attached hydrogens (tertiary/aromatic N) is 2. The number of aryl methyl sites for hydroxylation is 1. The quantitative estimate of drug-likeness (QED) is 0.757. The van der Waals surface area contributed by atoms with E-state index in [4.69, 9.17) is 9.84 Å². The molecule has 1 aromatic rings. The van der Waals surface area contributed by atoms with Crippen LogP contribution in [-0.2, 0) is 9.53 Å². The Bertz CT molecular complexity index is 379. The number of thioether (sulfide) groups is 1. The molecule has 0 fully saturated rings. The summed E-state index contributed by atoms with van der Waals surface area (Å²) in [5, 5.41) is 9.40. The van der Waals surface area contributed by atoms with E-state index in [-0.39, 0.29) is 11.8 Å². The fraction of sp³-hybridized carbons (Fsp3) is 0.636. The fourth-order valence-corrected chi connectivity index (χ4v) is 2.25. The number of aliphatic carboxylic acids is 1. The maximum absolute atomic E-state index is 10.6. The number of aromatic nitrogens is 2. The molecule has 0 saturated heterocycles. The van der Waals surface area contributed by atoms with Crippen LogP contribution in [0.1, 0.15) is 25.6 Å². The van der Waals surface area contributed by atoms with Gasteiger partial charge in [-0.25, -0.2) is 4.98 Å². The Kier molecular flexibility index (Phi) is 5.50. The minimum absolute atomic E-state index is 0.0256. The Morgan fingerprint density at radius 3 is 3.00 bits per heavy atom. The zero-order chi connectivity index (χ0) is 12.8. The molecular formula is C11H18N2O3S. The summed E-state index contributed by atoms with van der Waals surface area (Å²) < 4.78 is 7.34. The normalized spacial score (nSPS) is 12.6. The fourth-order valence-electron chi connectivity index (χ4n) is 1.41. The summed E-state index contributed by atoms with van der Waals surface area (Å²) in [5.74, 6) is -0.808. The van der Waals surface area contributed by atoms with Crippen molar-refractivity contribution >= 4 is 17.7 Å². The van der Waals surface area contributed by atoms with Gasteiger partial charge in [0.05, 0.1) is 24.1 Å². The molecule has 0 bridgehead atoms. The molecule has 96 valence electrons. The maximum atomic E-state index is 10.6. The molecule has 1 N–H and O–H groups in total. The van der Waals surface area contributed by atoms with Crippen LogP contribution in [0.4, 0.5) is 0 Å². The average Bonchev–Trinajstić information content (AvgIpc) is 2.64. The van der Waals surface area contributed by atoms with Crippen molar-refractivity contribution < 1.29 is 14.6 Å². The molecule has 5 nitrogen and oxygen atoms in total. The second-order valence-electron chi connectivity index (χ2n) is 3.76. The molecule has 1 heterocycles. The highest BCUT2D eigenvalue weighted by Crippen LogP contribution is 2.21. The van der Waals surface area contributed by atoms with Crippen LogP contribution in [-0.4, -0.2) is 39.6 Å². The summed E-state index contributed by atoms with van der Waals surface area (Å²) in [4.78, 5) is 14.9. The third-order valence-electron chi connectivity index (χ3n) is 2.18. The van der Waals surface area contributed by atoms with Gasteiger partial charge in [0.2, 0.25) is 0 Å². The van der Waals surface area contributed by atoms with E-state index >= 15 is 0 Å². The van der Waals surface area contributed by atoms with Gasteiger partial charge in [-0.2, -0.15) is 0 Å². The Morgan fingerprint density at radius 2 is 2.41 bits per heavy atom. The molecule has 1 unspecified atom stereocenters. The molecule has 0 aliphatic heterocycles. The zero-order valence-electron chi connectivity index (χ0n) is 10.3. The van der Waals surface area contributed by atoms with E-state index in [0.29, 0.717) is 13.2 Å². The average molecular weight is 258 g/mol. The van der Waals surface area contributed by atoms with Gasteiger partial charge in [0, 0.05) is 12.8 Å². The SMILES string of the molecule is CCOCC(C)n1cc(C)nc1SCC(=O)O. The van der Waals surface area contributed by atoms with E-state index in [1.165, 1.54) is 11.8 Å². The van der Waals surface area contributed by atoms with Gasteiger partial charge in [-0.05, 0) is 20.8 Å². The maximum Gasteiger partial charge on any atom is 0.313 e. The largest absolute Gasteiger partial charge is 0.481 e. The summed E-state index contributed by atoms with van der Waals surface area (Å²) in [6.45, 7) is 7.16. The lowest BCUT2D eigenvalue weighted by atomic mass is 10.3. The van der Waals surface area contributed by atoms with Crippen molar-refractivity contribution in [3.05, 3.63) is 11.9 Å². The van der Waals surface area contributed by atoms with E-state index in [9.17, 15) is 4.79 Å². The van der Waals surface area contributed by atoms with Crippen molar-refractivity contribution in [3.63, 3.8) is 0 Å². The number of rotatable bonds is 7.